The van der Waals surface area contributed by atoms with Crippen LogP contribution in [0.3, 0.4) is 0 Å². The quantitative estimate of drug-likeness (QED) is 0.840. The van der Waals surface area contributed by atoms with Crippen LogP contribution >= 0.6 is 0 Å². The summed E-state index contributed by atoms with van der Waals surface area (Å²) in [7, 11) is -3.86. The van der Waals surface area contributed by atoms with Gasteiger partial charge in [0.05, 0.1) is 10.6 Å². The summed E-state index contributed by atoms with van der Waals surface area (Å²) in [6.07, 6.45) is 2.81. The molecule has 1 aliphatic carbocycles. The van der Waals surface area contributed by atoms with Crippen LogP contribution in [-0.4, -0.2) is 19.9 Å². The van der Waals surface area contributed by atoms with Crippen LogP contribution in [-0.2, 0) is 10.0 Å². The number of nitrogens with zero attached hydrogens (tertiary/aromatic N) is 1. The number of carbonyl (C=O) groups excluding carboxylic acids is 1. The van der Waals surface area contributed by atoms with Gasteiger partial charge >= 0.3 is 0 Å². The first-order valence-electron chi connectivity index (χ1n) is 7.54. The minimum atomic E-state index is -3.86. The summed E-state index contributed by atoms with van der Waals surface area (Å²) < 4.78 is 29.5. The number of allylic oxidation sites excluding steroid dienone is 2. The van der Waals surface area contributed by atoms with Crippen molar-refractivity contribution in [2.24, 2.45) is 4.40 Å². The van der Waals surface area contributed by atoms with Crippen molar-refractivity contribution in [3.8, 4) is 0 Å². The maximum atomic E-state index is 12.8. The van der Waals surface area contributed by atoms with Crippen LogP contribution in [0.25, 0.3) is 0 Å². The molecule has 0 unspecified atom stereocenters. The Labute approximate surface area is 141 Å². The molecule has 0 radical (unpaired) electrons. The molecular weight excluding hydrogens is 322 g/mol. The molecule has 2 aromatic rings. The number of benzene rings is 2. The third-order valence-electron chi connectivity index (χ3n) is 4.15. The SMILES string of the molecule is Cc1cc(C)c(S(=O)(=O)/N=C2/C=CC(=O)c3ccccc32)cc1C. The van der Waals surface area contributed by atoms with Crippen molar-refractivity contribution in [2.75, 3.05) is 0 Å². The molecule has 0 aliphatic heterocycles. The van der Waals surface area contributed by atoms with E-state index in [0.717, 1.165) is 11.1 Å². The van der Waals surface area contributed by atoms with Crippen LogP contribution in [0.15, 0.2) is 57.8 Å². The number of aryl methyl sites for hydroxylation is 3. The first-order chi connectivity index (χ1) is 11.3. The number of fused-ring (bicyclic) bond motifs is 1. The van der Waals surface area contributed by atoms with Gasteiger partial charge in [0.25, 0.3) is 10.0 Å². The Balaban J connectivity index is 2.16. The Morgan fingerprint density at radius 1 is 0.833 bits per heavy atom. The van der Waals surface area contributed by atoms with E-state index in [9.17, 15) is 13.2 Å². The number of sulfonamides is 1. The molecule has 0 bridgehead atoms. The normalized spacial score (nSPS) is 15.6. The molecule has 5 heteroatoms. The Morgan fingerprint density at radius 3 is 2.17 bits per heavy atom. The minimum absolute atomic E-state index is 0.149. The van der Waals surface area contributed by atoms with Crippen molar-refractivity contribution >= 4 is 21.5 Å². The molecule has 0 heterocycles. The third-order valence-corrected chi connectivity index (χ3v) is 5.58. The van der Waals surface area contributed by atoms with E-state index in [4.69, 9.17) is 0 Å². The van der Waals surface area contributed by atoms with Crippen molar-refractivity contribution in [3.63, 3.8) is 0 Å². The van der Waals surface area contributed by atoms with Gasteiger partial charge in [0.2, 0.25) is 0 Å². The molecule has 122 valence electrons. The van der Waals surface area contributed by atoms with Gasteiger partial charge in [-0.25, -0.2) is 0 Å². The summed E-state index contributed by atoms with van der Waals surface area (Å²) >= 11 is 0. The Hall–Kier alpha value is -2.53. The molecule has 0 atom stereocenters. The van der Waals surface area contributed by atoms with Crippen molar-refractivity contribution < 1.29 is 13.2 Å². The summed E-state index contributed by atoms with van der Waals surface area (Å²) in [5, 5.41) is 0. The zero-order valence-corrected chi connectivity index (χ0v) is 14.5. The zero-order valence-electron chi connectivity index (χ0n) is 13.7. The summed E-state index contributed by atoms with van der Waals surface area (Å²) in [6, 6.07) is 10.4. The number of hydrogen-bond donors (Lipinski definition) is 0. The molecule has 0 aromatic heterocycles. The van der Waals surface area contributed by atoms with Gasteiger partial charge in [0.15, 0.2) is 5.78 Å². The largest absolute Gasteiger partial charge is 0.289 e. The second-order valence-electron chi connectivity index (χ2n) is 5.90. The fourth-order valence-electron chi connectivity index (χ4n) is 2.73. The van der Waals surface area contributed by atoms with E-state index in [1.807, 2.05) is 19.9 Å². The molecular formula is C19H17NO3S. The lowest BCUT2D eigenvalue weighted by Crippen LogP contribution is -2.14. The molecule has 0 fully saturated rings. The first-order valence-corrected chi connectivity index (χ1v) is 8.98. The second-order valence-corrected chi connectivity index (χ2v) is 7.47. The summed E-state index contributed by atoms with van der Waals surface area (Å²) in [5.74, 6) is -0.149. The Morgan fingerprint density at radius 2 is 1.46 bits per heavy atom. The van der Waals surface area contributed by atoms with E-state index in [2.05, 4.69) is 4.40 Å². The van der Waals surface area contributed by atoms with Gasteiger partial charge in [0, 0.05) is 11.1 Å². The van der Waals surface area contributed by atoms with Crippen molar-refractivity contribution in [2.45, 2.75) is 25.7 Å². The van der Waals surface area contributed by atoms with E-state index in [1.54, 1.807) is 37.3 Å². The number of ketones is 1. The molecule has 24 heavy (non-hydrogen) atoms. The highest BCUT2D eigenvalue weighted by Crippen LogP contribution is 2.24. The highest BCUT2D eigenvalue weighted by Gasteiger charge is 2.22. The number of carbonyl (C=O) groups is 1. The average molecular weight is 339 g/mol. The molecule has 0 N–H and O–H groups in total. The predicted octanol–water partition coefficient (Wildman–Crippen LogP) is 3.54. The minimum Gasteiger partial charge on any atom is -0.289 e. The molecule has 0 saturated carbocycles. The highest BCUT2D eigenvalue weighted by atomic mass is 32.2. The Kier molecular flexibility index (Phi) is 3.97. The fourth-order valence-corrected chi connectivity index (χ4v) is 4.03. The van der Waals surface area contributed by atoms with Crippen LogP contribution in [0.1, 0.15) is 32.6 Å². The fraction of sp³-hybridized carbons (Fsp3) is 0.158. The monoisotopic (exact) mass is 339 g/mol. The standard InChI is InChI=1S/C19H17NO3S/c1-12-10-14(3)19(11-13(12)2)24(22,23)20-17-8-9-18(21)16-7-5-4-6-15(16)17/h4-11H,1-3H3/b20-17-. The molecule has 0 amide bonds. The lowest BCUT2D eigenvalue weighted by atomic mass is 9.95. The molecule has 2 aromatic carbocycles. The van der Waals surface area contributed by atoms with E-state index in [0.29, 0.717) is 16.7 Å². The summed E-state index contributed by atoms with van der Waals surface area (Å²) in [5.41, 5.74) is 3.87. The lowest BCUT2D eigenvalue weighted by molar-refractivity contribution is 0.104. The molecule has 4 nitrogen and oxygen atoms in total. The van der Waals surface area contributed by atoms with Crippen molar-refractivity contribution in [1.82, 2.24) is 0 Å². The van der Waals surface area contributed by atoms with Gasteiger partial charge in [-0.3, -0.25) is 4.79 Å². The van der Waals surface area contributed by atoms with Crippen LogP contribution < -0.4 is 0 Å². The van der Waals surface area contributed by atoms with E-state index < -0.39 is 10.0 Å². The first kappa shape index (κ1) is 16.3. The smallest absolute Gasteiger partial charge is 0.283 e. The number of rotatable bonds is 2. The van der Waals surface area contributed by atoms with Gasteiger partial charge in [-0.05, 0) is 55.7 Å². The molecule has 0 saturated heterocycles. The van der Waals surface area contributed by atoms with Gasteiger partial charge < -0.3 is 0 Å². The number of hydrogen-bond acceptors (Lipinski definition) is 3. The maximum absolute atomic E-state index is 12.8. The van der Waals surface area contributed by atoms with E-state index in [-0.39, 0.29) is 16.4 Å². The lowest BCUT2D eigenvalue weighted by Gasteiger charge is -2.13. The van der Waals surface area contributed by atoms with E-state index in [1.165, 1.54) is 12.2 Å². The molecule has 1 aliphatic rings. The van der Waals surface area contributed by atoms with Crippen LogP contribution in [0.2, 0.25) is 0 Å². The summed E-state index contributed by atoms with van der Waals surface area (Å²) in [4.78, 5) is 12.1. The van der Waals surface area contributed by atoms with Gasteiger partial charge in [-0.1, -0.05) is 30.3 Å². The van der Waals surface area contributed by atoms with Crippen LogP contribution in [0.5, 0.6) is 0 Å². The summed E-state index contributed by atoms with van der Waals surface area (Å²) in [6.45, 7) is 5.57. The molecule has 0 spiro atoms. The third kappa shape index (κ3) is 2.83. The van der Waals surface area contributed by atoms with Crippen LogP contribution in [0, 0.1) is 20.8 Å². The topological polar surface area (TPSA) is 63.6 Å². The van der Waals surface area contributed by atoms with E-state index >= 15 is 0 Å². The molecule has 3 rings (SSSR count). The zero-order chi connectivity index (χ0) is 17.5. The predicted molar refractivity (Wildman–Crippen MR) is 94.3 cm³/mol. The van der Waals surface area contributed by atoms with Gasteiger partial charge in [0.1, 0.15) is 0 Å². The average Bonchev–Trinajstić information content (AvgIpc) is 2.53. The van der Waals surface area contributed by atoms with Crippen molar-refractivity contribution in [3.05, 3.63) is 76.4 Å². The Bertz CT molecular complexity index is 1010. The van der Waals surface area contributed by atoms with Gasteiger partial charge in [-0.15, -0.1) is 0 Å². The van der Waals surface area contributed by atoms with Gasteiger partial charge in [-0.2, -0.15) is 12.8 Å². The van der Waals surface area contributed by atoms with Crippen molar-refractivity contribution in [1.29, 1.82) is 0 Å². The van der Waals surface area contributed by atoms with Crippen LogP contribution in [0.4, 0.5) is 0 Å². The maximum Gasteiger partial charge on any atom is 0.283 e. The second kappa shape index (κ2) is 5.83. The highest BCUT2D eigenvalue weighted by molar-refractivity contribution is 7.90.